The van der Waals surface area contributed by atoms with E-state index >= 15 is 0 Å². The van der Waals surface area contributed by atoms with Crippen LogP contribution in [-0.4, -0.2) is 24.6 Å². The zero-order chi connectivity index (χ0) is 11.3. The molecule has 84 valence electrons. The van der Waals surface area contributed by atoms with Gasteiger partial charge in [0.1, 0.15) is 6.10 Å². The van der Waals surface area contributed by atoms with Gasteiger partial charge in [-0.3, -0.25) is 9.59 Å². The smallest absolute Gasteiger partial charge is 0.303 e. The molecule has 0 amide bonds. The van der Waals surface area contributed by atoms with Gasteiger partial charge in [-0.15, -0.1) is 0 Å². The van der Waals surface area contributed by atoms with E-state index in [1.54, 1.807) is 0 Å². The highest BCUT2D eigenvalue weighted by atomic mass is 16.5. The Morgan fingerprint density at radius 1 is 1.33 bits per heavy atom. The van der Waals surface area contributed by atoms with Crippen molar-refractivity contribution >= 4 is 11.9 Å². The van der Waals surface area contributed by atoms with E-state index in [-0.39, 0.29) is 24.0 Å². The van der Waals surface area contributed by atoms with Crippen LogP contribution in [-0.2, 0) is 19.1 Å². The third kappa shape index (κ3) is 4.14. The first kappa shape index (κ1) is 11.8. The normalized spacial score (nSPS) is 23.9. The lowest BCUT2D eigenvalue weighted by Crippen LogP contribution is -2.22. The summed E-state index contributed by atoms with van der Waals surface area (Å²) in [6.07, 6.45) is 5.33. The van der Waals surface area contributed by atoms with Gasteiger partial charge in [0.05, 0.1) is 6.61 Å². The van der Waals surface area contributed by atoms with Crippen LogP contribution >= 0.6 is 0 Å². The van der Waals surface area contributed by atoms with Gasteiger partial charge in [-0.25, -0.2) is 0 Å². The highest BCUT2D eigenvalue weighted by Gasteiger charge is 2.25. The minimum atomic E-state index is -0.274. The molecule has 0 bridgehead atoms. The molecule has 0 radical (unpaired) electrons. The van der Waals surface area contributed by atoms with Crippen LogP contribution in [0.4, 0.5) is 0 Å². The van der Waals surface area contributed by atoms with Gasteiger partial charge in [0.15, 0.2) is 0 Å². The van der Waals surface area contributed by atoms with Gasteiger partial charge < -0.3 is 9.47 Å². The lowest BCUT2D eigenvalue weighted by Gasteiger charge is -2.18. The predicted molar refractivity (Wildman–Crippen MR) is 54.1 cm³/mol. The summed E-state index contributed by atoms with van der Waals surface area (Å²) < 4.78 is 9.97. The molecule has 0 aliphatic heterocycles. The molecule has 4 heteroatoms. The zero-order valence-corrected chi connectivity index (χ0v) is 9.06. The van der Waals surface area contributed by atoms with E-state index in [1.807, 2.05) is 12.2 Å². The molecule has 2 atom stereocenters. The number of esters is 2. The van der Waals surface area contributed by atoms with Crippen molar-refractivity contribution in [3.05, 3.63) is 12.2 Å². The van der Waals surface area contributed by atoms with E-state index < -0.39 is 0 Å². The fourth-order valence-corrected chi connectivity index (χ4v) is 1.64. The summed E-state index contributed by atoms with van der Waals surface area (Å²) in [4.78, 5) is 21.3. The van der Waals surface area contributed by atoms with Crippen molar-refractivity contribution in [2.24, 2.45) is 5.92 Å². The second-order valence-corrected chi connectivity index (χ2v) is 3.63. The first-order valence-corrected chi connectivity index (χ1v) is 5.07. The van der Waals surface area contributed by atoms with E-state index in [0.717, 1.165) is 12.8 Å². The molecule has 0 aromatic heterocycles. The average molecular weight is 212 g/mol. The second kappa shape index (κ2) is 5.53. The van der Waals surface area contributed by atoms with Crippen LogP contribution in [0.3, 0.4) is 0 Å². The quantitative estimate of drug-likeness (QED) is 0.522. The van der Waals surface area contributed by atoms with Crippen molar-refractivity contribution < 1.29 is 19.1 Å². The summed E-state index contributed by atoms with van der Waals surface area (Å²) in [5.74, 6) is -0.303. The van der Waals surface area contributed by atoms with E-state index in [1.165, 1.54) is 13.8 Å². The van der Waals surface area contributed by atoms with Crippen LogP contribution in [0.5, 0.6) is 0 Å². The van der Waals surface area contributed by atoms with E-state index in [9.17, 15) is 9.59 Å². The van der Waals surface area contributed by atoms with Crippen molar-refractivity contribution in [2.45, 2.75) is 32.8 Å². The number of allylic oxidation sites excluding steroid dienone is 1. The Labute approximate surface area is 89.2 Å². The highest BCUT2D eigenvalue weighted by Crippen LogP contribution is 2.25. The summed E-state index contributed by atoms with van der Waals surface area (Å²) in [5.41, 5.74) is 0. The fourth-order valence-electron chi connectivity index (χ4n) is 1.64. The minimum Gasteiger partial charge on any atom is -0.466 e. The zero-order valence-electron chi connectivity index (χ0n) is 9.06. The number of ether oxygens (including phenoxy) is 2. The maximum atomic E-state index is 10.8. The standard InChI is InChI=1S/C11H16O4/c1-8(12)14-7-6-10-4-3-5-11(10)15-9(2)13/h3,5,10-11H,4,6-7H2,1-2H3/t10-,11-/m1/s1. The van der Waals surface area contributed by atoms with Gasteiger partial charge in [-0.05, 0) is 18.9 Å². The molecule has 0 saturated carbocycles. The molecule has 4 nitrogen and oxygen atoms in total. The molecule has 0 spiro atoms. The molecule has 15 heavy (non-hydrogen) atoms. The van der Waals surface area contributed by atoms with Crippen LogP contribution in [0, 0.1) is 5.92 Å². The lowest BCUT2D eigenvalue weighted by molar-refractivity contribution is -0.147. The summed E-state index contributed by atoms with van der Waals surface area (Å²) in [7, 11) is 0. The number of rotatable bonds is 4. The van der Waals surface area contributed by atoms with Gasteiger partial charge in [0.2, 0.25) is 0 Å². The van der Waals surface area contributed by atoms with E-state index in [0.29, 0.717) is 6.61 Å². The molecule has 0 N–H and O–H groups in total. The van der Waals surface area contributed by atoms with Crippen molar-refractivity contribution in [3.8, 4) is 0 Å². The fraction of sp³-hybridized carbons (Fsp3) is 0.636. The van der Waals surface area contributed by atoms with Crippen LogP contribution in [0.1, 0.15) is 26.7 Å². The van der Waals surface area contributed by atoms with Crippen molar-refractivity contribution in [2.75, 3.05) is 6.61 Å². The third-order valence-electron chi connectivity index (χ3n) is 2.33. The maximum Gasteiger partial charge on any atom is 0.303 e. The molecular weight excluding hydrogens is 196 g/mol. The molecule has 0 aromatic carbocycles. The minimum absolute atomic E-state index is 0.155. The van der Waals surface area contributed by atoms with Gasteiger partial charge in [0, 0.05) is 19.8 Å². The van der Waals surface area contributed by atoms with E-state index in [2.05, 4.69) is 0 Å². The maximum absolute atomic E-state index is 10.8. The number of carbonyl (C=O) groups excluding carboxylic acids is 2. The molecule has 0 unspecified atom stereocenters. The van der Waals surface area contributed by atoms with Gasteiger partial charge in [0.25, 0.3) is 0 Å². The Kier molecular flexibility index (Phi) is 4.34. The van der Waals surface area contributed by atoms with Crippen LogP contribution in [0.2, 0.25) is 0 Å². The molecule has 0 saturated heterocycles. The van der Waals surface area contributed by atoms with Crippen molar-refractivity contribution in [3.63, 3.8) is 0 Å². The second-order valence-electron chi connectivity index (χ2n) is 3.63. The summed E-state index contributed by atoms with van der Waals surface area (Å²) in [5, 5.41) is 0. The Balaban J connectivity index is 2.29. The summed E-state index contributed by atoms with van der Waals surface area (Å²) in [6, 6.07) is 0. The summed E-state index contributed by atoms with van der Waals surface area (Å²) in [6.45, 7) is 3.17. The molecule has 0 aromatic rings. The Hall–Kier alpha value is -1.32. The number of hydrogen-bond acceptors (Lipinski definition) is 4. The van der Waals surface area contributed by atoms with Crippen molar-refractivity contribution in [1.82, 2.24) is 0 Å². The van der Waals surface area contributed by atoms with Crippen LogP contribution < -0.4 is 0 Å². The lowest BCUT2D eigenvalue weighted by atomic mass is 10.0. The predicted octanol–water partition coefficient (Wildman–Crippen LogP) is 1.45. The average Bonchev–Trinajstić information content (AvgIpc) is 2.51. The van der Waals surface area contributed by atoms with Crippen molar-refractivity contribution in [1.29, 1.82) is 0 Å². The molecule has 0 heterocycles. The number of hydrogen-bond donors (Lipinski definition) is 0. The summed E-state index contributed by atoms with van der Waals surface area (Å²) >= 11 is 0. The SMILES string of the molecule is CC(=O)OCC[C@H]1CC=C[C@H]1OC(C)=O. The largest absolute Gasteiger partial charge is 0.466 e. The Morgan fingerprint density at radius 2 is 2.07 bits per heavy atom. The molecule has 0 fully saturated rings. The molecular formula is C11H16O4. The van der Waals surface area contributed by atoms with Gasteiger partial charge in [-0.1, -0.05) is 6.08 Å². The molecule has 1 aliphatic carbocycles. The first-order chi connectivity index (χ1) is 7.09. The van der Waals surface area contributed by atoms with Crippen LogP contribution in [0.25, 0.3) is 0 Å². The molecule has 1 aliphatic rings. The monoisotopic (exact) mass is 212 g/mol. The highest BCUT2D eigenvalue weighted by molar-refractivity contribution is 5.66. The van der Waals surface area contributed by atoms with Gasteiger partial charge in [-0.2, -0.15) is 0 Å². The topological polar surface area (TPSA) is 52.6 Å². The first-order valence-electron chi connectivity index (χ1n) is 5.07. The van der Waals surface area contributed by atoms with E-state index in [4.69, 9.17) is 9.47 Å². The Bertz CT molecular complexity index is 270. The Morgan fingerprint density at radius 3 is 2.67 bits per heavy atom. The third-order valence-corrected chi connectivity index (χ3v) is 2.33. The van der Waals surface area contributed by atoms with Gasteiger partial charge >= 0.3 is 11.9 Å². The van der Waals surface area contributed by atoms with Crippen LogP contribution in [0.15, 0.2) is 12.2 Å². The number of carbonyl (C=O) groups is 2. The molecule has 1 rings (SSSR count).